The van der Waals surface area contributed by atoms with Crippen molar-refractivity contribution in [2.75, 3.05) is 5.32 Å². The van der Waals surface area contributed by atoms with E-state index in [1.165, 1.54) is 16.7 Å². The fraction of sp³-hybridized carbons (Fsp3) is 0.278. The molecule has 0 unspecified atom stereocenters. The van der Waals surface area contributed by atoms with E-state index in [9.17, 15) is 4.79 Å². The number of carboxylic acid groups (broad SMARTS) is 1. The number of halogens is 1. The molecule has 23 heavy (non-hydrogen) atoms. The lowest BCUT2D eigenvalue weighted by Crippen LogP contribution is -2.37. The molecule has 0 aromatic heterocycles. The van der Waals surface area contributed by atoms with Gasteiger partial charge in [0.2, 0.25) is 0 Å². The largest absolute Gasteiger partial charge is 0.465 e. The van der Waals surface area contributed by atoms with Crippen molar-refractivity contribution in [2.45, 2.75) is 31.8 Å². The van der Waals surface area contributed by atoms with E-state index in [2.05, 4.69) is 28.8 Å². The maximum absolute atomic E-state index is 10.7. The van der Waals surface area contributed by atoms with Crippen LogP contribution in [0.4, 0.5) is 10.5 Å². The first-order valence-electron chi connectivity index (χ1n) is 7.70. The van der Waals surface area contributed by atoms with Crippen molar-refractivity contribution in [1.82, 2.24) is 5.32 Å². The lowest BCUT2D eigenvalue weighted by atomic mass is 9.88. The first-order valence-corrected chi connectivity index (χ1v) is 8.07. The van der Waals surface area contributed by atoms with Gasteiger partial charge in [0.25, 0.3) is 0 Å². The third kappa shape index (κ3) is 4.17. The van der Waals surface area contributed by atoms with E-state index >= 15 is 0 Å². The van der Waals surface area contributed by atoms with Gasteiger partial charge in [-0.25, -0.2) is 4.79 Å². The van der Waals surface area contributed by atoms with Crippen molar-refractivity contribution in [3.05, 3.63) is 64.2 Å². The lowest BCUT2D eigenvalue weighted by molar-refractivity contribution is 0.188. The molecule has 0 bridgehead atoms. The Morgan fingerprint density at radius 1 is 1.17 bits per heavy atom. The fourth-order valence-corrected chi connectivity index (χ4v) is 3.10. The van der Waals surface area contributed by atoms with Crippen molar-refractivity contribution in [3.63, 3.8) is 0 Å². The first kappa shape index (κ1) is 15.7. The molecule has 0 radical (unpaired) electrons. The van der Waals surface area contributed by atoms with Gasteiger partial charge in [0, 0.05) is 23.3 Å². The minimum atomic E-state index is -0.945. The zero-order valence-electron chi connectivity index (χ0n) is 12.7. The van der Waals surface area contributed by atoms with E-state index in [4.69, 9.17) is 16.7 Å². The zero-order chi connectivity index (χ0) is 16.2. The van der Waals surface area contributed by atoms with Crippen molar-refractivity contribution in [3.8, 4) is 0 Å². The molecule has 4 nitrogen and oxygen atoms in total. The van der Waals surface area contributed by atoms with E-state index in [0.717, 1.165) is 36.5 Å². The number of hydrogen-bond acceptors (Lipinski definition) is 2. The average molecular weight is 331 g/mol. The second kappa shape index (κ2) is 6.92. The summed E-state index contributed by atoms with van der Waals surface area (Å²) in [6.07, 6.45) is 1.56. The highest BCUT2D eigenvalue weighted by molar-refractivity contribution is 6.30. The van der Waals surface area contributed by atoms with E-state index in [1.807, 2.05) is 24.3 Å². The van der Waals surface area contributed by atoms with Gasteiger partial charge in [0.15, 0.2) is 0 Å². The summed E-state index contributed by atoms with van der Waals surface area (Å²) in [5, 5.41) is 15.6. The number of aryl methyl sites for hydroxylation is 1. The topological polar surface area (TPSA) is 61.4 Å². The Labute approximate surface area is 140 Å². The molecule has 2 aromatic carbocycles. The molecule has 0 fully saturated rings. The van der Waals surface area contributed by atoms with Gasteiger partial charge in [-0.2, -0.15) is 0 Å². The molecule has 2 aromatic rings. The van der Waals surface area contributed by atoms with Crippen LogP contribution < -0.4 is 10.6 Å². The maximum Gasteiger partial charge on any atom is 0.404 e. The number of fused-ring (bicyclic) bond motifs is 1. The third-order valence-electron chi connectivity index (χ3n) is 4.17. The van der Waals surface area contributed by atoms with Crippen LogP contribution in [0.25, 0.3) is 0 Å². The molecular formula is C18H19ClN2O2. The molecule has 0 aliphatic heterocycles. The van der Waals surface area contributed by atoms with Crippen LogP contribution in [0.3, 0.4) is 0 Å². The van der Waals surface area contributed by atoms with Crippen LogP contribution in [0.5, 0.6) is 0 Å². The van der Waals surface area contributed by atoms with Crippen LogP contribution >= 0.6 is 11.6 Å². The summed E-state index contributed by atoms with van der Waals surface area (Å²) in [6.45, 7) is 0.749. The standard InChI is InChI=1S/C18H19ClN2O2/c19-15-5-1-12(2-6-15)11-20-16-7-3-14-10-17(21-18(22)23)8-4-13(14)9-16/h1-3,5-7,9,17,20-21H,4,8,10-11H2,(H,22,23)/t17-/m0/s1. The van der Waals surface area contributed by atoms with E-state index < -0.39 is 6.09 Å². The molecular weight excluding hydrogens is 312 g/mol. The molecule has 1 atom stereocenters. The summed E-state index contributed by atoms with van der Waals surface area (Å²) < 4.78 is 0. The van der Waals surface area contributed by atoms with Gasteiger partial charge in [-0.15, -0.1) is 0 Å². The summed E-state index contributed by atoms with van der Waals surface area (Å²) in [5.41, 5.74) is 4.79. The summed E-state index contributed by atoms with van der Waals surface area (Å²) in [4.78, 5) is 10.7. The highest BCUT2D eigenvalue weighted by Gasteiger charge is 2.20. The van der Waals surface area contributed by atoms with Gasteiger partial charge < -0.3 is 15.7 Å². The van der Waals surface area contributed by atoms with Crippen molar-refractivity contribution >= 4 is 23.4 Å². The molecule has 0 saturated carbocycles. The van der Waals surface area contributed by atoms with Crippen LogP contribution in [0.15, 0.2) is 42.5 Å². The Morgan fingerprint density at radius 3 is 2.70 bits per heavy atom. The number of anilines is 1. The van der Waals surface area contributed by atoms with E-state index in [0.29, 0.717) is 0 Å². The molecule has 5 heteroatoms. The number of amides is 1. The van der Waals surface area contributed by atoms with Gasteiger partial charge in [-0.3, -0.25) is 0 Å². The first-order chi connectivity index (χ1) is 11.1. The Morgan fingerprint density at radius 2 is 1.96 bits per heavy atom. The molecule has 0 saturated heterocycles. The summed E-state index contributed by atoms with van der Waals surface area (Å²) in [5.74, 6) is 0. The van der Waals surface area contributed by atoms with Crippen molar-refractivity contribution in [2.24, 2.45) is 0 Å². The van der Waals surface area contributed by atoms with Gasteiger partial charge in [0.05, 0.1) is 0 Å². The third-order valence-corrected chi connectivity index (χ3v) is 4.42. The van der Waals surface area contributed by atoms with Gasteiger partial charge >= 0.3 is 6.09 Å². The van der Waals surface area contributed by atoms with Gasteiger partial charge in [-0.05, 0) is 60.2 Å². The minimum Gasteiger partial charge on any atom is -0.465 e. The number of benzene rings is 2. The van der Waals surface area contributed by atoms with E-state index in [-0.39, 0.29) is 6.04 Å². The second-order valence-electron chi connectivity index (χ2n) is 5.85. The Balaban J connectivity index is 1.63. The van der Waals surface area contributed by atoms with Crippen molar-refractivity contribution in [1.29, 1.82) is 0 Å². The van der Waals surface area contributed by atoms with Crippen LogP contribution in [-0.4, -0.2) is 17.2 Å². The normalized spacial score (nSPS) is 16.5. The average Bonchev–Trinajstić information content (AvgIpc) is 2.54. The molecule has 120 valence electrons. The van der Waals surface area contributed by atoms with Crippen LogP contribution in [0.1, 0.15) is 23.1 Å². The molecule has 1 aliphatic rings. The molecule has 3 N–H and O–H groups in total. The summed E-state index contributed by atoms with van der Waals surface area (Å²) in [7, 11) is 0. The van der Waals surface area contributed by atoms with E-state index in [1.54, 1.807) is 0 Å². The quantitative estimate of drug-likeness (QED) is 0.791. The van der Waals surface area contributed by atoms with Crippen LogP contribution in [0.2, 0.25) is 5.02 Å². The Kier molecular flexibility index (Phi) is 4.72. The lowest BCUT2D eigenvalue weighted by Gasteiger charge is -2.25. The molecule has 1 amide bonds. The highest BCUT2D eigenvalue weighted by Crippen LogP contribution is 2.25. The van der Waals surface area contributed by atoms with Crippen LogP contribution in [-0.2, 0) is 19.4 Å². The molecule has 1 aliphatic carbocycles. The predicted molar refractivity (Wildman–Crippen MR) is 92.2 cm³/mol. The molecule has 3 rings (SSSR count). The smallest absolute Gasteiger partial charge is 0.404 e. The predicted octanol–water partition coefficient (Wildman–Crippen LogP) is 4.08. The Bertz CT molecular complexity index is 701. The summed E-state index contributed by atoms with van der Waals surface area (Å²) >= 11 is 5.89. The van der Waals surface area contributed by atoms with Crippen molar-refractivity contribution < 1.29 is 9.90 Å². The maximum atomic E-state index is 10.7. The Hall–Kier alpha value is -2.20. The second-order valence-corrected chi connectivity index (χ2v) is 6.29. The molecule has 0 heterocycles. The number of hydrogen-bond donors (Lipinski definition) is 3. The highest BCUT2D eigenvalue weighted by atomic mass is 35.5. The number of nitrogens with one attached hydrogen (secondary N) is 2. The minimum absolute atomic E-state index is 0.0212. The zero-order valence-corrected chi connectivity index (χ0v) is 13.4. The fourth-order valence-electron chi connectivity index (χ4n) is 2.97. The SMILES string of the molecule is O=C(O)N[C@H]1CCc2cc(NCc3ccc(Cl)cc3)ccc2C1. The van der Waals surface area contributed by atoms with Crippen LogP contribution in [0, 0.1) is 0 Å². The number of carbonyl (C=O) groups is 1. The number of rotatable bonds is 4. The van der Waals surface area contributed by atoms with Gasteiger partial charge in [-0.1, -0.05) is 29.8 Å². The summed E-state index contributed by atoms with van der Waals surface area (Å²) in [6, 6.07) is 14.1. The monoisotopic (exact) mass is 330 g/mol. The molecule has 0 spiro atoms. The van der Waals surface area contributed by atoms with Gasteiger partial charge in [0.1, 0.15) is 0 Å².